The molecule has 12 atom stereocenters. The van der Waals surface area contributed by atoms with Gasteiger partial charge in [0.15, 0.2) is 0 Å². The van der Waals surface area contributed by atoms with E-state index in [9.17, 15) is 14.7 Å². The highest BCUT2D eigenvalue weighted by atomic mass is 16.7. The van der Waals surface area contributed by atoms with Gasteiger partial charge < -0.3 is 30.8 Å². The van der Waals surface area contributed by atoms with Crippen molar-refractivity contribution in [2.45, 2.75) is 138 Å². The monoisotopic (exact) mass is 711 g/mol. The molecule has 1 aromatic rings. The first-order chi connectivity index (χ1) is 23.5. The summed E-state index contributed by atoms with van der Waals surface area (Å²) in [5, 5.41) is 14.8. The minimum absolute atomic E-state index is 0.126. The van der Waals surface area contributed by atoms with E-state index in [0.29, 0.717) is 32.2 Å². The summed E-state index contributed by atoms with van der Waals surface area (Å²) >= 11 is 0. The van der Waals surface area contributed by atoms with Crippen molar-refractivity contribution in [2.24, 2.45) is 67.6 Å². The second kappa shape index (κ2) is 12.3. The number of fused-ring (bicyclic) bond motifs is 3. The SMILES string of the molecule is CC(C)[C@@H](C)[C@@]1(C)CC[C@]2(C)[C@H]3CC[C@@H]4[C@@]5(COC[C@@]4(C)[C@@H](OC[C@](C)(N)C(C)(C)C)[C@H](n4ncnc4C(N)=O)C5)C3=CC[C@]2(C)[C@@H]1OC(=O)O. The second-order valence-electron chi connectivity index (χ2n) is 19.9. The molecule has 1 saturated heterocycles. The van der Waals surface area contributed by atoms with Gasteiger partial charge in [-0.25, -0.2) is 14.5 Å². The quantitative estimate of drug-likeness (QED) is 0.190. The van der Waals surface area contributed by atoms with E-state index in [1.165, 1.54) is 11.9 Å². The minimum atomic E-state index is -1.19. The van der Waals surface area contributed by atoms with E-state index in [-0.39, 0.29) is 57.4 Å². The average Bonchev–Trinajstić information content (AvgIpc) is 3.52. The van der Waals surface area contributed by atoms with E-state index >= 15 is 0 Å². The van der Waals surface area contributed by atoms with Crippen molar-refractivity contribution < 1.29 is 28.9 Å². The lowest BCUT2D eigenvalue weighted by molar-refractivity contribution is -0.257. The minimum Gasteiger partial charge on any atom is -0.450 e. The highest BCUT2D eigenvalue weighted by Crippen LogP contribution is 2.74. The number of rotatable bonds is 8. The van der Waals surface area contributed by atoms with Crippen molar-refractivity contribution >= 4 is 12.1 Å². The Morgan fingerprint density at radius 2 is 1.76 bits per heavy atom. The van der Waals surface area contributed by atoms with Gasteiger partial charge in [0, 0.05) is 27.2 Å². The summed E-state index contributed by atoms with van der Waals surface area (Å²) in [5.41, 5.74) is 11.7. The number of nitrogens with two attached hydrogens (primary N) is 2. The summed E-state index contributed by atoms with van der Waals surface area (Å²) in [4.78, 5) is 29.5. The van der Waals surface area contributed by atoms with Crippen LogP contribution in [0.3, 0.4) is 0 Å². The van der Waals surface area contributed by atoms with Gasteiger partial charge in [-0.2, -0.15) is 5.10 Å². The third kappa shape index (κ3) is 5.44. The van der Waals surface area contributed by atoms with Crippen molar-refractivity contribution in [1.29, 1.82) is 0 Å². The Kier molecular flexibility index (Phi) is 9.20. The van der Waals surface area contributed by atoms with Crippen molar-refractivity contribution in [1.82, 2.24) is 14.8 Å². The Morgan fingerprint density at radius 3 is 2.37 bits per heavy atom. The standard InChI is InChI=1S/C40H65N5O6/c1-23(2)24(3)35(7)16-17-37(9)25-12-13-28-36(8)19-49-21-40(28,26(25)14-15-38(37,10)32(35)51-33(47)48)18-27(45-31(30(41)46)43-22-44-45)29(36)50-20-39(11,42)34(4,5)6/h14,22-25,27-29,32H,12-13,15-21,42H2,1-11H3,(H2,41,46)(H,47,48)/t24-,25+,27-,28+,29+,32-,35-,36-,37-,38-,39+,40+/m1/s1. The Bertz CT molecular complexity index is 1570. The predicted molar refractivity (Wildman–Crippen MR) is 195 cm³/mol. The molecule has 4 aliphatic carbocycles. The third-order valence-electron chi connectivity index (χ3n) is 16.3. The lowest BCUT2D eigenvalue weighted by Gasteiger charge is -2.71. The van der Waals surface area contributed by atoms with Gasteiger partial charge in [0.1, 0.15) is 12.4 Å². The molecule has 3 saturated carbocycles. The molecule has 51 heavy (non-hydrogen) atoms. The largest absolute Gasteiger partial charge is 0.506 e. The molecule has 0 aromatic carbocycles. The zero-order valence-electron chi connectivity index (χ0n) is 33.0. The highest BCUT2D eigenvalue weighted by molar-refractivity contribution is 5.89. The van der Waals surface area contributed by atoms with Gasteiger partial charge in [-0.1, -0.05) is 80.9 Å². The summed E-state index contributed by atoms with van der Waals surface area (Å²) in [6.45, 7) is 25.8. The van der Waals surface area contributed by atoms with Gasteiger partial charge in [-0.3, -0.25) is 4.79 Å². The molecule has 5 N–H and O–H groups in total. The molecule has 1 amide bonds. The third-order valence-corrected chi connectivity index (χ3v) is 16.3. The number of hydrogen-bond donors (Lipinski definition) is 3. The molecule has 4 fully saturated rings. The Balaban J connectivity index is 1.47. The molecule has 2 heterocycles. The molecule has 1 aliphatic heterocycles. The van der Waals surface area contributed by atoms with Crippen LogP contribution < -0.4 is 11.5 Å². The number of amides is 1. The topological polar surface area (TPSA) is 165 Å². The van der Waals surface area contributed by atoms with E-state index < -0.39 is 34.5 Å². The van der Waals surface area contributed by atoms with Gasteiger partial charge in [0.2, 0.25) is 5.82 Å². The van der Waals surface area contributed by atoms with Crippen LogP contribution in [0.5, 0.6) is 0 Å². The number of nitrogens with zero attached hydrogens (tertiary/aromatic N) is 3. The van der Waals surface area contributed by atoms with Crippen LogP contribution in [0.15, 0.2) is 18.0 Å². The second-order valence-corrected chi connectivity index (χ2v) is 19.9. The molecule has 6 rings (SSSR count). The van der Waals surface area contributed by atoms with Crippen LogP contribution in [0.2, 0.25) is 0 Å². The molecule has 2 bridgehead atoms. The number of carbonyl (C=O) groups is 2. The van der Waals surface area contributed by atoms with Crippen LogP contribution in [0.25, 0.3) is 0 Å². The van der Waals surface area contributed by atoms with Crippen LogP contribution in [0, 0.1) is 56.2 Å². The zero-order chi connectivity index (χ0) is 37.7. The van der Waals surface area contributed by atoms with Crippen LogP contribution in [-0.2, 0) is 14.2 Å². The molecule has 0 radical (unpaired) electrons. The summed E-state index contributed by atoms with van der Waals surface area (Å²) in [6.07, 6.45) is 7.11. The van der Waals surface area contributed by atoms with Crippen molar-refractivity contribution in [3.63, 3.8) is 0 Å². The van der Waals surface area contributed by atoms with E-state index in [2.05, 4.69) is 85.4 Å². The summed E-state index contributed by atoms with van der Waals surface area (Å²) in [6, 6.07) is -0.332. The maximum atomic E-state index is 12.7. The van der Waals surface area contributed by atoms with Crippen molar-refractivity contribution in [3.05, 3.63) is 23.8 Å². The molecule has 0 unspecified atom stereocenters. The molecular weight excluding hydrogens is 646 g/mol. The maximum Gasteiger partial charge on any atom is 0.506 e. The van der Waals surface area contributed by atoms with Gasteiger partial charge in [-0.15, -0.1) is 0 Å². The highest BCUT2D eigenvalue weighted by Gasteiger charge is 2.72. The van der Waals surface area contributed by atoms with E-state index in [0.717, 1.165) is 32.1 Å². The lowest BCUT2D eigenvalue weighted by Crippen LogP contribution is -2.70. The number of carbonyl (C=O) groups excluding carboxylic acids is 1. The molecule has 5 aliphatic rings. The number of allylic oxidation sites excluding steroid dienone is 1. The summed E-state index contributed by atoms with van der Waals surface area (Å²) < 4.78 is 21.5. The zero-order valence-corrected chi connectivity index (χ0v) is 33.0. The van der Waals surface area contributed by atoms with E-state index in [1.54, 1.807) is 4.68 Å². The molecule has 11 nitrogen and oxygen atoms in total. The first kappa shape index (κ1) is 38.2. The number of ether oxygens (including phenoxy) is 3. The summed E-state index contributed by atoms with van der Waals surface area (Å²) in [5.74, 6) is 0.651. The Morgan fingerprint density at radius 1 is 1.08 bits per heavy atom. The molecular formula is C40H65N5O6. The number of primary amides is 1. The number of carboxylic acid groups (broad SMARTS) is 1. The van der Waals surface area contributed by atoms with E-state index in [1.807, 2.05) is 6.92 Å². The molecule has 0 spiro atoms. The summed E-state index contributed by atoms with van der Waals surface area (Å²) in [7, 11) is 0. The van der Waals surface area contributed by atoms with Crippen LogP contribution in [0.1, 0.15) is 131 Å². The fraction of sp³-hybridized carbons (Fsp3) is 0.850. The van der Waals surface area contributed by atoms with E-state index in [4.69, 9.17) is 25.7 Å². The maximum absolute atomic E-state index is 12.7. The average molecular weight is 712 g/mol. The van der Waals surface area contributed by atoms with Gasteiger partial charge in [0.25, 0.3) is 5.91 Å². The Labute approximate surface area is 305 Å². The van der Waals surface area contributed by atoms with Gasteiger partial charge in [0.05, 0.1) is 32.0 Å². The molecule has 1 aromatic heterocycles. The van der Waals surface area contributed by atoms with Crippen molar-refractivity contribution in [3.8, 4) is 0 Å². The van der Waals surface area contributed by atoms with Crippen molar-refractivity contribution in [2.75, 3.05) is 19.8 Å². The van der Waals surface area contributed by atoms with Crippen LogP contribution >= 0.6 is 0 Å². The van der Waals surface area contributed by atoms with Crippen LogP contribution in [0.4, 0.5) is 4.79 Å². The predicted octanol–water partition coefficient (Wildman–Crippen LogP) is 7.02. The first-order valence-electron chi connectivity index (χ1n) is 19.3. The van der Waals surface area contributed by atoms with Gasteiger partial charge >= 0.3 is 6.16 Å². The van der Waals surface area contributed by atoms with Gasteiger partial charge in [-0.05, 0) is 80.0 Å². The molecule has 11 heteroatoms. The van der Waals surface area contributed by atoms with Crippen LogP contribution in [-0.4, -0.2) is 69.5 Å². The number of hydrogen-bond acceptors (Lipinski definition) is 8. The smallest absolute Gasteiger partial charge is 0.450 e. The Hall–Kier alpha value is -2.50. The fourth-order valence-electron chi connectivity index (χ4n) is 12.0. The molecule has 286 valence electrons. The lowest BCUT2D eigenvalue weighted by atomic mass is 9.35. The normalized spacial score (nSPS) is 42.5. The number of aromatic nitrogens is 3. The first-order valence-corrected chi connectivity index (χ1v) is 19.3. The fourth-order valence-corrected chi connectivity index (χ4v) is 12.0.